The third-order valence-corrected chi connectivity index (χ3v) is 4.74. The molecular formula is C20H16Cl2FNO3. The van der Waals surface area contributed by atoms with Crippen LogP contribution in [0.1, 0.15) is 25.8 Å². The van der Waals surface area contributed by atoms with Gasteiger partial charge in [0.1, 0.15) is 18.2 Å². The van der Waals surface area contributed by atoms with Gasteiger partial charge in [-0.2, -0.15) is 0 Å². The number of nitrogens with zero attached hydrogens (tertiary/aromatic N) is 1. The number of hydrogen-bond donors (Lipinski definition) is 0. The molecule has 0 bridgehead atoms. The van der Waals surface area contributed by atoms with Gasteiger partial charge in [-0.25, -0.2) is 9.29 Å². The van der Waals surface area contributed by atoms with Gasteiger partial charge in [-0.3, -0.25) is 9.59 Å². The number of carbonyl (C=O) groups is 2. The van der Waals surface area contributed by atoms with E-state index in [0.29, 0.717) is 10.6 Å². The molecule has 7 heteroatoms. The number of halogens is 3. The molecule has 2 amide bonds. The van der Waals surface area contributed by atoms with Gasteiger partial charge in [0.15, 0.2) is 0 Å². The quantitative estimate of drug-likeness (QED) is 0.509. The van der Waals surface area contributed by atoms with Gasteiger partial charge in [-0.05, 0) is 37.6 Å². The van der Waals surface area contributed by atoms with Crippen LogP contribution < -0.4 is 9.64 Å². The summed E-state index contributed by atoms with van der Waals surface area (Å²) in [6.45, 7) is 3.65. The molecule has 0 spiro atoms. The van der Waals surface area contributed by atoms with Crippen molar-refractivity contribution < 1.29 is 18.7 Å². The molecule has 0 unspecified atom stereocenters. The van der Waals surface area contributed by atoms with E-state index in [2.05, 4.69) is 0 Å². The zero-order valence-corrected chi connectivity index (χ0v) is 16.2. The first-order valence-electron chi connectivity index (χ1n) is 8.18. The van der Waals surface area contributed by atoms with Crippen molar-refractivity contribution in [2.75, 3.05) is 4.90 Å². The number of carbonyl (C=O) groups excluding carboxylic acids is 2. The zero-order valence-electron chi connectivity index (χ0n) is 14.7. The number of ether oxygens (including phenoxy) is 1. The van der Waals surface area contributed by atoms with Crippen molar-refractivity contribution in [2.45, 2.75) is 26.9 Å². The maximum absolute atomic E-state index is 14.4. The Balaban J connectivity index is 1.90. The lowest BCUT2D eigenvalue weighted by Gasteiger charge is -2.17. The number of imide groups is 1. The molecule has 2 aromatic carbocycles. The molecule has 1 saturated heterocycles. The van der Waals surface area contributed by atoms with Crippen LogP contribution in [0.2, 0.25) is 10.0 Å². The fourth-order valence-electron chi connectivity index (χ4n) is 2.73. The lowest BCUT2D eigenvalue weighted by Crippen LogP contribution is -2.30. The number of rotatable bonds is 4. The summed E-state index contributed by atoms with van der Waals surface area (Å²) in [6, 6.07) is 9.33. The van der Waals surface area contributed by atoms with E-state index in [1.807, 2.05) is 0 Å². The number of hydrogen-bond acceptors (Lipinski definition) is 3. The number of benzene rings is 2. The van der Waals surface area contributed by atoms with Crippen LogP contribution in [0, 0.1) is 5.82 Å². The average Bonchev–Trinajstić information content (AvgIpc) is 2.91. The minimum absolute atomic E-state index is 0.0479. The zero-order chi connectivity index (χ0) is 19.7. The fraction of sp³-hybridized carbons (Fsp3) is 0.200. The Labute approximate surface area is 166 Å². The largest absolute Gasteiger partial charge is 0.487 e. The monoisotopic (exact) mass is 407 g/mol. The maximum atomic E-state index is 14.4. The molecule has 0 atom stereocenters. The predicted molar refractivity (Wildman–Crippen MR) is 103 cm³/mol. The van der Waals surface area contributed by atoms with E-state index in [1.165, 1.54) is 6.07 Å². The first-order valence-corrected chi connectivity index (χ1v) is 8.93. The van der Waals surface area contributed by atoms with Crippen LogP contribution in [0.3, 0.4) is 0 Å². The topological polar surface area (TPSA) is 46.6 Å². The van der Waals surface area contributed by atoms with Crippen molar-refractivity contribution in [3.8, 4) is 5.75 Å². The molecule has 0 aliphatic carbocycles. The van der Waals surface area contributed by atoms with Gasteiger partial charge in [0.25, 0.3) is 5.91 Å². The summed E-state index contributed by atoms with van der Waals surface area (Å²) in [4.78, 5) is 25.6. The van der Waals surface area contributed by atoms with Crippen LogP contribution in [0.25, 0.3) is 0 Å². The standard InChI is InChI=1S/C20H16Cl2FNO3/c1-11(2)14-7-19(25)24(20(14)26)17-9-18(15(22)8-16(17)23)27-10-12-3-5-13(21)6-4-12/h3-6,8-9H,7,10H2,1-2H3. The summed E-state index contributed by atoms with van der Waals surface area (Å²) >= 11 is 11.9. The molecule has 3 rings (SSSR count). The van der Waals surface area contributed by atoms with Crippen molar-refractivity contribution in [1.82, 2.24) is 0 Å². The van der Waals surface area contributed by atoms with Crippen LogP contribution in [-0.4, -0.2) is 11.8 Å². The molecule has 0 aromatic heterocycles. The second-order valence-corrected chi connectivity index (χ2v) is 7.18. The SMILES string of the molecule is CC(C)=C1CC(=O)N(c2cc(OCc3ccc(Cl)cc3)c(Cl)cc2F)C1=O. The van der Waals surface area contributed by atoms with Gasteiger partial charge in [0.05, 0.1) is 17.1 Å². The molecule has 1 aliphatic heterocycles. The molecular weight excluding hydrogens is 392 g/mol. The van der Waals surface area contributed by atoms with E-state index in [0.717, 1.165) is 22.1 Å². The van der Waals surface area contributed by atoms with Crippen molar-refractivity contribution in [2.24, 2.45) is 0 Å². The molecule has 0 saturated carbocycles. The molecule has 1 aliphatic rings. The molecule has 0 N–H and O–H groups in total. The highest BCUT2D eigenvalue weighted by atomic mass is 35.5. The molecule has 0 radical (unpaired) electrons. The molecule has 1 fully saturated rings. The van der Waals surface area contributed by atoms with Gasteiger partial charge >= 0.3 is 0 Å². The van der Waals surface area contributed by atoms with Crippen LogP contribution in [0.5, 0.6) is 5.75 Å². The fourth-order valence-corrected chi connectivity index (χ4v) is 3.06. The highest BCUT2D eigenvalue weighted by Gasteiger charge is 2.37. The van der Waals surface area contributed by atoms with E-state index >= 15 is 0 Å². The Hall–Kier alpha value is -2.37. The summed E-state index contributed by atoms with van der Waals surface area (Å²) in [5.41, 5.74) is 1.76. The number of amides is 2. The highest BCUT2D eigenvalue weighted by Crippen LogP contribution is 2.36. The molecule has 1 heterocycles. The maximum Gasteiger partial charge on any atom is 0.261 e. The molecule has 4 nitrogen and oxygen atoms in total. The van der Waals surface area contributed by atoms with E-state index < -0.39 is 17.6 Å². The van der Waals surface area contributed by atoms with E-state index in [1.54, 1.807) is 38.1 Å². The van der Waals surface area contributed by atoms with E-state index in [-0.39, 0.29) is 29.5 Å². The van der Waals surface area contributed by atoms with E-state index in [9.17, 15) is 14.0 Å². The average molecular weight is 408 g/mol. The lowest BCUT2D eigenvalue weighted by atomic mass is 10.1. The third-order valence-electron chi connectivity index (χ3n) is 4.19. The number of allylic oxidation sites excluding steroid dienone is 1. The Morgan fingerprint density at radius 2 is 1.81 bits per heavy atom. The second-order valence-electron chi connectivity index (χ2n) is 6.34. The number of anilines is 1. The lowest BCUT2D eigenvalue weighted by molar-refractivity contribution is -0.120. The minimum atomic E-state index is -0.768. The third kappa shape index (κ3) is 3.99. The second kappa shape index (κ2) is 7.71. The first kappa shape index (κ1) is 19.4. The van der Waals surface area contributed by atoms with Gasteiger partial charge in [0.2, 0.25) is 5.91 Å². The Morgan fingerprint density at radius 1 is 1.15 bits per heavy atom. The van der Waals surface area contributed by atoms with Crippen LogP contribution in [0.15, 0.2) is 47.5 Å². The minimum Gasteiger partial charge on any atom is -0.487 e. The first-order chi connectivity index (χ1) is 12.8. The van der Waals surface area contributed by atoms with Gasteiger partial charge in [-0.15, -0.1) is 0 Å². The van der Waals surface area contributed by atoms with Gasteiger partial charge in [0, 0.05) is 16.7 Å². The van der Waals surface area contributed by atoms with Crippen LogP contribution in [-0.2, 0) is 16.2 Å². The normalized spacial score (nSPS) is 14.1. The summed E-state index contributed by atoms with van der Waals surface area (Å²) in [6.07, 6.45) is -0.0514. The summed E-state index contributed by atoms with van der Waals surface area (Å²) in [5, 5.41) is 0.647. The Bertz CT molecular complexity index is 950. The van der Waals surface area contributed by atoms with Gasteiger partial charge in [-0.1, -0.05) is 40.9 Å². The molecule has 27 heavy (non-hydrogen) atoms. The van der Waals surface area contributed by atoms with Crippen LogP contribution >= 0.6 is 23.2 Å². The summed E-state index contributed by atoms with van der Waals surface area (Å²) in [5.74, 6) is -1.60. The Kier molecular flexibility index (Phi) is 5.53. The van der Waals surface area contributed by atoms with Crippen molar-refractivity contribution in [1.29, 1.82) is 0 Å². The summed E-state index contributed by atoms with van der Waals surface area (Å²) in [7, 11) is 0. The van der Waals surface area contributed by atoms with Crippen molar-refractivity contribution >= 4 is 40.7 Å². The highest BCUT2D eigenvalue weighted by molar-refractivity contribution is 6.33. The molecule has 2 aromatic rings. The van der Waals surface area contributed by atoms with Crippen molar-refractivity contribution in [3.05, 3.63) is 69.0 Å². The Morgan fingerprint density at radius 3 is 2.41 bits per heavy atom. The summed E-state index contributed by atoms with van der Waals surface area (Å²) < 4.78 is 20.1. The van der Waals surface area contributed by atoms with E-state index in [4.69, 9.17) is 27.9 Å². The van der Waals surface area contributed by atoms with Crippen molar-refractivity contribution in [3.63, 3.8) is 0 Å². The smallest absolute Gasteiger partial charge is 0.261 e. The van der Waals surface area contributed by atoms with Crippen LogP contribution in [0.4, 0.5) is 10.1 Å². The molecule has 140 valence electrons. The predicted octanol–water partition coefficient (Wildman–Crippen LogP) is 5.31. The van der Waals surface area contributed by atoms with Gasteiger partial charge < -0.3 is 4.74 Å².